The van der Waals surface area contributed by atoms with Crippen LogP contribution in [0.5, 0.6) is 0 Å². The van der Waals surface area contributed by atoms with Crippen LogP contribution in [0.4, 0.5) is 0 Å². The average Bonchev–Trinajstić information content (AvgIpc) is 2.92. The first kappa shape index (κ1) is 17.6. The van der Waals surface area contributed by atoms with Crippen molar-refractivity contribution in [1.29, 1.82) is 0 Å². The first-order valence-corrected chi connectivity index (χ1v) is 8.38. The van der Waals surface area contributed by atoms with Gasteiger partial charge in [0.1, 0.15) is 16.5 Å². The van der Waals surface area contributed by atoms with Gasteiger partial charge in [-0.15, -0.1) is 11.3 Å². The number of esters is 1. The van der Waals surface area contributed by atoms with E-state index in [1.165, 1.54) is 11.3 Å². The molecule has 0 unspecified atom stereocenters. The highest BCUT2D eigenvalue weighted by molar-refractivity contribution is 7.09. The summed E-state index contributed by atoms with van der Waals surface area (Å²) in [6.07, 6.45) is 0.559. The normalized spacial score (nSPS) is 12.9. The fraction of sp³-hybridized carbons (Fsp3) is 0.444. The number of ether oxygens (including phenoxy) is 2. The van der Waals surface area contributed by atoms with Crippen LogP contribution >= 0.6 is 11.3 Å². The third-order valence-electron chi connectivity index (χ3n) is 3.08. The van der Waals surface area contributed by atoms with Gasteiger partial charge in [-0.05, 0) is 38.8 Å². The Hall–Kier alpha value is -1.72. The van der Waals surface area contributed by atoms with Crippen LogP contribution in [0.1, 0.15) is 43.0 Å². The zero-order valence-electron chi connectivity index (χ0n) is 14.0. The van der Waals surface area contributed by atoms with Crippen molar-refractivity contribution in [2.24, 2.45) is 0 Å². The van der Waals surface area contributed by atoms with Crippen molar-refractivity contribution in [2.75, 3.05) is 7.11 Å². The highest BCUT2D eigenvalue weighted by atomic mass is 32.1. The number of rotatable bonds is 6. The topological polar surface area (TPSA) is 48.4 Å². The minimum atomic E-state index is -0.521. The molecule has 23 heavy (non-hydrogen) atoms. The number of hydrogen-bond donors (Lipinski definition) is 0. The second kappa shape index (κ2) is 7.70. The minimum Gasteiger partial charge on any atom is -0.459 e. The maximum absolute atomic E-state index is 12.6. The van der Waals surface area contributed by atoms with Crippen molar-refractivity contribution in [3.8, 4) is 0 Å². The van der Waals surface area contributed by atoms with Crippen molar-refractivity contribution >= 4 is 17.3 Å². The van der Waals surface area contributed by atoms with Crippen molar-refractivity contribution in [3.63, 3.8) is 0 Å². The third-order valence-corrected chi connectivity index (χ3v) is 4.09. The van der Waals surface area contributed by atoms with Crippen LogP contribution in [0.3, 0.4) is 0 Å². The van der Waals surface area contributed by atoms with Crippen LogP contribution in [0.2, 0.25) is 0 Å². The van der Waals surface area contributed by atoms with Gasteiger partial charge in [-0.3, -0.25) is 4.79 Å². The molecule has 0 saturated carbocycles. The number of aromatic nitrogens is 1. The zero-order valence-corrected chi connectivity index (χ0v) is 14.8. The minimum absolute atomic E-state index is 0.247. The van der Waals surface area contributed by atoms with Gasteiger partial charge in [0.15, 0.2) is 0 Å². The van der Waals surface area contributed by atoms with Crippen LogP contribution in [-0.2, 0) is 27.3 Å². The molecule has 0 saturated heterocycles. The summed E-state index contributed by atoms with van der Waals surface area (Å²) in [7, 11) is 1.63. The number of methoxy groups -OCH3 is 1. The molecule has 4 nitrogen and oxygen atoms in total. The summed E-state index contributed by atoms with van der Waals surface area (Å²) in [6, 6.07) is 10.6. The number of hydrogen-bond acceptors (Lipinski definition) is 5. The molecule has 123 valence electrons. The number of benzene rings is 1. The standard InChI is InChI=1S/C18H22NO3S/c1-18(2,3)22-17(20)15(10-13-8-6-5-7-9-13)16-19-14(11-21-4)12-23-16/h6-9,12,15H,10-11H2,1-4H3/t15-/m1/s1. The van der Waals surface area contributed by atoms with Gasteiger partial charge in [-0.25, -0.2) is 4.98 Å². The quantitative estimate of drug-likeness (QED) is 0.756. The predicted molar refractivity (Wildman–Crippen MR) is 90.4 cm³/mol. The van der Waals surface area contributed by atoms with Gasteiger partial charge in [-0.2, -0.15) is 0 Å². The fourth-order valence-electron chi connectivity index (χ4n) is 2.13. The lowest BCUT2D eigenvalue weighted by Gasteiger charge is -2.23. The molecule has 0 N–H and O–H groups in total. The van der Waals surface area contributed by atoms with E-state index in [1.54, 1.807) is 7.11 Å². The van der Waals surface area contributed by atoms with E-state index in [-0.39, 0.29) is 5.97 Å². The summed E-state index contributed by atoms with van der Waals surface area (Å²) in [5.74, 6) is -0.657. The van der Waals surface area contributed by atoms with Gasteiger partial charge in [0.25, 0.3) is 0 Å². The summed E-state index contributed by atoms with van der Waals surface area (Å²) in [5, 5.41) is 2.69. The Bertz CT molecular complexity index is 631. The molecule has 0 aliphatic rings. The monoisotopic (exact) mass is 332 g/mol. The van der Waals surface area contributed by atoms with Gasteiger partial charge in [0, 0.05) is 12.5 Å². The zero-order chi connectivity index (χ0) is 16.9. The molecule has 1 aromatic carbocycles. The van der Waals surface area contributed by atoms with E-state index in [2.05, 4.69) is 11.1 Å². The summed E-state index contributed by atoms with van der Waals surface area (Å²) >= 11 is 1.47. The molecular weight excluding hydrogens is 310 g/mol. The summed E-state index contributed by atoms with van der Waals surface area (Å²) < 4.78 is 10.7. The van der Waals surface area contributed by atoms with E-state index in [9.17, 15) is 4.79 Å². The van der Waals surface area contributed by atoms with Gasteiger partial charge in [-0.1, -0.05) is 24.3 Å². The summed E-state index contributed by atoms with van der Waals surface area (Å²) in [4.78, 5) is 17.2. The molecule has 1 aromatic heterocycles. The maximum Gasteiger partial charge on any atom is 0.316 e. The second-order valence-corrected chi connectivity index (χ2v) is 7.20. The van der Waals surface area contributed by atoms with Crippen LogP contribution in [0.25, 0.3) is 0 Å². The van der Waals surface area contributed by atoms with E-state index in [4.69, 9.17) is 9.47 Å². The molecular formula is C18H22NO3S. The van der Waals surface area contributed by atoms with Crippen LogP contribution in [0, 0.1) is 6.07 Å². The SMILES string of the molecule is COCc1csc([C@@H](Cc2cc[c]cc2)C(=O)OC(C)(C)C)n1. The number of thiazole rings is 1. The van der Waals surface area contributed by atoms with Crippen molar-refractivity contribution in [1.82, 2.24) is 4.98 Å². The first-order chi connectivity index (χ1) is 10.9. The van der Waals surface area contributed by atoms with E-state index in [0.717, 1.165) is 16.3 Å². The van der Waals surface area contributed by atoms with E-state index in [1.807, 2.05) is 50.4 Å². The fourth-order valence-corrected chi connectivity index (χ4v) is 3.03. The molecule has 2 aromatic rings. The Morgan fingerprint density at radius 3 is 2.65 bits per heavy atom. The number of carbonyl (C=O) groups is 1. The lowest BCUT2D eigenvalue weighted by molar-refractivity contribution is -0.156. The van der Waals surface area contributed by atoms with Crippen molar-refractivity contribution in [2.45, 2.75) is 45.3 Å². The Balaban J connectivity index is 2.24. The smallest absolute Gasteiger partial charge is 0.316 e. The Morgan fingerprint density at radius 1 is 1.35 bits per heavy atom. The van der Waals surface area contributed by atoms with Crippen molar-refractivity contribution in [3.05, 3.63) is 52.0 Å². The summed E-state index contributed by atoms with van der Waals surface area (Å²) in [6.45, 7) is 6.06. The highest BCUT2D eigenvalue weighted by Gasteiger charge is 2.29. The molecule has 2 rings (SSSR count). The molecule has 1 radical (unpaired) electrons. The van der Waals surface area contributed by atoms with E-state index >= 15 is 0 Å². The number of nitrogens with zero attached hydrogens (tertiary/aromatic N) is 1. The lowest BCUT2D eigenvalue weighted by atomic mass is 9.99. The Labute approximate surface area is 141 Å². The number of carbonyl (C=O) groups excluding carboxylic acids is 1. The van der Waals surface area contributed by atoms with Gasteiger partial charge < -0.3 is 9.47 Å². The highest BCUT2D eigenvalue weighted by Crippen LogP contribution is 2.27. The van der Waals surface area contributed by atoms with Crippen LogP contribution in [-0.4, -0.2) is 23.7 Å². The first-order valence-electron chi connectivity index (χ1n) is 7.50. The molecule has 5 heteroatoms. The Morgan fingerprint density at radius 2 is 2.04 bits per heavy atom. The molecule has 1 atom stereocenters. The van der Waals surface area contributed by atoms with Crippen molar-refractivity contribution < 1.29 is 14.3 Å². The third kappa shape index (κ3) is 5.44. The van der Waals surface area contributed by atoms with Crippen LogP contribution < -0.4 is 0 Å². The summed E-state index contributed by atoms with van der Waals surface area (Å²) in [5.41, 5.74) is 1.37. The van der Waals surface area contributed by atoms with E-state index < -0.39 is 11.5 Å². The average molecular weight is 332 g/mol. The predicted octanol–water partition coefficient (Wildman–Crippen LogP) is 3.76. The molecule has 0 fully saturated rings. The molecule has 1 heterocycles. The molecule has 0 bridgehead atoms. The Kier molecular flexibility index (Phi) is 5.91. The van der Waals surface area contributed by atoms with Gasteiger partial charge in [0.2, 0.25) is 0 Å². The van der Waals surface area contributed by atoms with E-state index in [0.29, 0.717) is 13.0 Å². The largest absolute Gasteiger partial charge is 0.459 e. The molecule has 0 amide bonds. The molecule has 0 aliphatic carbocycles. The molecule has 0 spiro atoms. The maximum atomic E-state index is 12.6. The van der Waals surface area contributed by atoms with Gasteiger partial charge >= 0.3 is 5.97 Å². The lowest BCUT2D eigenvalue weighted by Crippen LogP contribution is -2.28. The van der Waals surface area contributed by atoms with Crippen LogP contribution in [0.15, 0.2) is 29.6 Å². The van der Waals surface area contributed by atoms with Gasteiger partial charge in [0.05, 0.1) is 12.3 Å². The molecule has 0 aliphatic heterocycles. The second-order valence-electron chi connectivity index (χ2n) is 6.31.